The smallest absolute Gasteiger partial charge is 0.408 e. The standard InChI is InChI=1S/C29H29BrCl2FNO6/c1-29(2,3)40-28(36)34-24(27(35)37-4)13-18-11-22(31)26(23(32)12-18)39-16-19-14-20(30)7-10-25(19)38-15-17-5-8-21(33)9-6-17/h5-12,14,24H,13,15-16H2,1-4H3,(H,34,36)/t24-/m0/s1. The normalized spacial score (nSPS) is 11.9. The molecule has 0 aliphatic heterocycles. The Morgan fingerprint density at radius 3 is 2.20 bits per heavy atom. The Labute approximate surface area is 251 Å². The molecule has 0 unspecified atom stereocenters. The van der Waals surface area contributed by atoms with Gasteiger partial charge in [0.2, 0.25) is 0 Å². The Balaban J connectivity index is 1.72. The number of carbonyl (C=O) groups is 2. The summed E-state index contributed by atoms with van der Waals surface area (Å²) in [4.78, 5) is 24.6. The van der Waals surface area contributed by atoms with E-state index in [9.17, 15) is 14.0 Å². The van der Waals surface area contributed by atoms with E-state index in [-0.39, 0.29) is 41.2 Å². The molecule has 1 atom stereocenters. The molecule has 0 aliphatic carbocycles. The minimum Gasteiger partial charge on any atom is -0.488 e. The van der Waals surface area contributed by atoms with Crippen LogP contribution in [0.1, 0.15) is 37.5 Å². The SMILES string of the molecule is COC(=O)[C@H](Cc1cc(Cl)c(OCc2cc(Br)ccc2OCc2ccc(F)cc2)c(Cl)c1)NC(=O)OC(C)(C)C. The van der Waals surface area contributed by atoms with Crippen LogP contribution in [0, 0.1) is 5.82 Å². The Kier molecular flexibility index (Phi) is 11.1. The maximum Gasteiger partial charge on any atom is 0.408 e. The molecule has 40 heavy (non-hydrogen) atoms. The van der Waals surface area contributed by atoms with E-state index in [2.05, 4.69) is 21.2 Å². The van der Waals surface area contributed by atoms with E-state index < -0.39 is 23.7 Å². The van der Waals surface area contributed by atoms with Gasteiger partial charge in [-0.3, -0.25) is 0 Å². The van der Waals surface area contributed by atoms with Gasteiger partial charge in [0, 0.05) is 16.5 Å². The third-order valence-electron chi connectivity index (χ3n) is 5.38. The lowest BCUT2D eigenvalue weighted by Crippen LogP contribution is -2.45. The second-order valence-corrected chi connectivity index (χ2v) is 11.5. The maximum absolute atomic E-state index is 13.2. The number of hydrogen-bond acceptors (Lipinski definition) is 6. The van der Waals surface area contributed by atoms with Gasteiger partial charge in [0.05, 0.1) is 17.2 Å². The van der Waals surface area contributed by atoms with Crippen molar-refractivity contribution in [1.29, 1.82) is 0 Å². The maximum atomic E-state index is 13.2. The van der Waals surface area contributed by atoms with Crippen LogP contribution >= 0.6 is 39.1 Å². The molecule has 0 aliphatic rings. The fourth-order valence-corrected chi connectivity index (χ4v) is 4.63. The predicted octanol–water partition coefficient (Wildman–Crippen LogP) is 7.66. The molecule has 3 aromatic carbocycles. The van der Waals surface area contributed by atoms with Crippen molar-refractivity contribution in [1.82, 2.24) is 5.32 Å². The van der Waals surface area contributed by atoms with Crippen LogP contribution in [-0.4, -0.2) is 30.8 Å². The molecule has 11 heteroatoms. The van der Waals surface area contributed by atoms with Gasteiger partial charge in [0.1, 0.15) is 36.4 Å². The zero-order valence-corrected chi connectivity index (χ0v) is 25.5. The highest BCUT2D eigenvalue weighted by Gasteiger charge is 2.26. The Morgan fingerprint density at radius 2 is 1.60 bits per heavy atom. The van der Waals surface area contributed by atoms with Gasteiger partial charge in [-0.2, -0.15) is 0 Å². The summed E-state index contributed by atoms with van der Waals surface area (Å²) in [5, 5.41) is 2.95. The zero-order chi connectivity index (χ0) is 29.4. The summed E-state index contributed by atoms with van der Waals surface area (Å²) >= 11 is 16.5. The Hall–Kier alpha value is -3.01. The summed E-state index contributed by atoms with van der Waals surface area (Å²) in [5.74, 6) is -0.153. The number of alkyl carbamates (subject to hydrolysis) is 1. The largest absolute Gasteiger partial charge is 0.488 e. The van der Waals surface area contributed by atoms with Crippen molar-refractivity contribution in [2.45, 2.75) is 52.0 Å². The van der Waals surface area contributed by atoms with Crippen LogP contribution in [0.25, 0.3) is 0 Å². The average Bonchev–Trinajstić information content (AvgIpc) is 2.86. The van der Waals surface area contributed by atoms with Crippen molar-refractivity contribution in [3.63, 3.8) is 0 Å². The quantitative estimate of drug-likeness (QED) is 0.226. The van der Waals surface area contributed by atoms with Crippen molar-refractivity contribution in [3.05, 3.63) is 91.6 Å². The minimum absolute atomic E-state index is 0.0542. The monoisotopic (exact) mass is 655 g/mol. The van der Waals surface area contributed by atoms with Gasteiger partial charge in [0.15, 0.2) is 5.75 Å². The van der Waals surface area contributed by atoms with E-state index in [1.54, 1.807) is 51.1 Å². The molecule has 0 bridgehead atoms. The Bertz CT molecular complexity index is 1320. The van der Waals surface area contributed by atoms with Gasteiger partial charge >= 0.3 is 12.1 Å². The molecule has 3 aromatic rings. The molecule has 214 valence electrons. The molecule has 0 saturated carbocycles. The minimum atomic E-state index is -1.03. The molecule has 0 aromatic heterocycles. The number of ether oxygens (including phenoxy) is 4. The lowest BCUT2D eigenvalue weighted by atomic mass is 10.1. The van der Waals surface area contributed by atoms with Crippen molar-refractivity contribution < 1.29 is 32.9 Å². The van der Waals surface area contributed by atoms with Crippen LogP contribution < -0.4 is 14.8 Å². The van der Waals surface area contributed by atoms with Crippen LogP contribution in [0.2, 0.25) is 10.0 Å². The first-order chi connectivity index (χ1) is 18.8. The van der Waals surface area contributed by atoms with Crippen molar-refractivity contribution in [3.8, 4) is 11.5 Å². The van der Waals surface area contributed by atoms with Crippen LogP contribution in [0.3, 0.4) is 0 Å². The van der Waals surface area contributed by atoms with Crippen LogP contribution in [0.4, 0.5) is 9.18 Å². The Morgan fingerprint density at radius 1 is 0.950 bits per heavy atom. The van der Waals surface area contributed by atoms with E-state index >= 15 is 0 Å². The highest BCUT2D eigenvalue weighted by atomic mass is 79.9. The number of halogens is 4. The summed E-state index contributed by atoms with van der Waals surface area (Å²) in [6.07, 6.45) is -0.704. The number of rotatable bonds is 10. The van der Waals surface area contributed by atoms with Crippen molar-refractivity contribution in [2.75, 3.05) is 7.11 Å². The molecule has 0 saturated heterocycles. The molecular formula is C29H29BrCl2FNO6. The topological polar surface area (TPSA) is 83.1 Å². The van der Waals surface area contributed by atoms with Crippen molar-refractivity contribution >= 4 is 51.2 Å². The number of esters is 1. The lowest BCUT2D eigenvalue weighted by Gasteiger charge is -2.23. The molecule has 0 fully saturated rings. The number of carbonyl (C=O) groups excluding carboxylic acids is 2. The van der Waals surface area contributed by atoms with E-state index in [4.69, 9.17) is 42.1 Å². The molecule has 0 heterocycles. The molecular weight excluding hydrogens is 628 g/mol. The van der Waals surface area contributed by atoms with Gasteiger partial charge in [-0.05, 0) is 74.4 Å². The first-order valence-electron chi connectivity index (χ1n) is 12.2. The van der Waals surface area contributed by atoms with Crippen LogP contribution in [0.15, 0.2) is 59.1 Å². The molecule has 3 rings (SSSR count). The predicted molar refractivity (Wildman–Crippen MR) is 155 cm³/mol. The molecule has 7 nitrogen and oxygen atoms in total. The van der Waals surface area contributed by atoms with E-state index in [1.807, 2.05) is 12.1 Å². The van der Waals surface area contributed by atoms with E-state index in [0.29, 0.717) is 11.3 Å². The summed E-state index contributed by atoms with van der Waals surface area (Å²) in [7, 11) is 1.22. The van der Waals surface area contributed by atoms with E-state index in [0.717, 1.165) is 15.6 Å². The molecule has 1 N–H and O–H groups in total. The second-order valence-electron chi connectivity index (χ2n) is 9.77. The van der Waals surface area contributed by atoms with Gasteiger partial charge in [-0.15, -0.1) is 0 Å². The summed E-state index contributed by atoms with van der Waals surface area (Å²) < 4.78 is 36.0. The summed E-state index contributed by atoms with van der Waals surface area (Å²) in [6, 6.07) is 13.7. The number of benzene rings is 3. The van der Waals surface area contributed by atoms with Gasteiger partial charge < -0.3 is 24.3 Å². The van der Waals surface area contributed by atoms with E-state index in [1.165, 1.54) is 19.2 Å². The number of amides is 1. The number of hydrogen-bond donors (Lipinski definition) is 1. The van der Waals surface area contributed by atoms with Gasteiger partial charge in [-0.25, -0.2) is 14.0 Å². The molecule has 0 radical (unpaired) electrons. The average molecular weight is 657 g/mol. The highest BCUT2D eigenvalue weighted by molar-refractivity contribution is 9.10. The fourth-order valence-electron chi connectivity index (χ4n) is 3.58. The van der Waals surface area contributed by atoms with Crippen LogP contribution in [-0.2, 0) is 33.9 Å². The third kappa shape index (κ3) is 9.57. The second kappa shape index (κ2) is 14.1. The fraction of sp³-hybridized carbons (Fsp3) is 0.310. The third-order valence-corrected chi connectivity index (χ3v) is 6.43. The first kappa shape index (κ1) is 31.5. The van der Waals surface area contributed by atoms with Gasteiger partial charge in [-0.1, -0.05) is 51.3 Å². The molecule has 0 spiro atoms. The zero-order valence-electron chi connectivity index (χ0n) is 22.4. The number of nitrogens with one attached hydrogen (secondary N) is 1. The van der Waals surface area contributed by atoms with Crippen molar-refractivity contribution in [2.24, 2.45) is 0 Å². The lowest BCUT2D eigenvalue weighted by molar-refractivity contribution is -0.143. The van der Waals surface area contributed by atoms with Gasteiger partial charge in [0.25, 0.3) is 0 Å². The summed E-state index contributed by atoms with van der Waals surface area (Å²) in [6.45, 7) is 5.47. The number of methoxy groups -OCH3 is 1. The highest BCUT2D eigenvalue weighted by Crippen LogP contribution is 2.36. The van der Waals surface area contributed by atoms with Crippen LogP contribution in [0.5, 0.6) is 11.5 Å². The first-order valence-corrected chi connectivity index (χ1v) is 13.7. The summed E-state index contributed by atoms with van der Waals surface area (Å²) in [5.41, 5.74) is 1.36. The molecule has 1 amide bonds.